The minimum absolute atomic E-state index is 0.0126. The number of carbonyl (C=O) groups is 1. The number of rotatable bonds is 8. The molecular formula is C14H20ClNO2. The maximum atomic E-state index is 11.5. The molecule has 18 heavy (non-hydrogen) atoms. The first-order chi connectivity index (χ1) is 8.76. The fourth-order valence-corrected chi connectivity index (χ4v) is 1.58. The van der Waals surface area contributed by atoms with Crippen LogP contribution in [0.1, 0.15) is 32.6 Å². The van der Waals surface area contributed by atoms with Crippen LogP contribution in [0.3, 0.4) is 0 Å². The Kier molecular flexibility index (Phi) is 7.26. The first-order valence-electron chi connectivity index (χ1n) is 6.35. The fraction of sp³-hybridized carbons (Fsp3) is 0.500. The molecule has 0 aliphatic heterocycles. The van der Waals surface area contributed by atoms with E-state index in [4.69, 9.17) is 16.3 Å². The Morgan fingerprint density at radius 2 is 2.22 bits per heavy atom. The molecule has 0 heterocycles. The van der Waals surface area contributed by atoms with Crippen molar-refractivity contribution in [2.75, 3.05) is 17.8 Å². The minimum Gasteiger partial charge on any atom is -0.494 e. The summed E-state index contributed by atoms with van der Waals surface area (Å²) in [4.78, 5) is 11.5. The molecule has 100 valence electrons. The Labute approximate surface area is 113 Å². The van der Waals surface area contributed by atoms with Crippen LogP contribution in [0.5, 0.6) is 5.75 Å². The molecule has 0 aliphatic rings. The van der Waals surface area contributed by atoms with Crippen LogP contribution < -0.4 is 10.1 Å². The zero-order chi connectivity index (χ0) is 13.2. The minimum atomic E-state index is -0.0126. The predicted octanol–water partition coefficient (Wildman–Crippen LogP) is 3.82. The first kappa shape index (κ1) is 14.8. The second-order valence-electron chi connectivity index (χ2n) is 4.07. The molecule has 0 fully saturated rings. The summed E-state index contributed by atoms with van der Waals surface area (Å²) in [6.45, 7) is 2.83. The van der Waals surface area contributed by atoms with Gasteiger partial charge in [-0.1, -0.05) is 19.4 Å². The number of anilines is 1. The molecule has 0 bridgehead atoms. The van der Waals surface area contributed by atoms with Crippen LogP contribution in [0.25, 0.3) is 0 Å². The van der Waals surface area contributed by atoms with Crippen molar-refractivity contribution in [1.82, 2.24) is 0 Å². The highest BCUT2D eigenvalue weighted by Gasteiger charge is 2.02. The number of hydrogen-bond donors (Lipinski definition) is 1. The van der Waals surface area contributed by atoms with E-state index in [0.29, 0.717) is 25.3 Å². The van der Waals surface area contributed by atoms with Gasteiger partial charge in [-0.15, -0.1) is 11.6 Å². The number of alkyl halides is 1. The SMILES string of the molecule is CCCCOc1cccc(NC(=O)CCCCl)c1. The molecule has 0 spiro atoms. The van der Waals surface area contributed by atoms with Crippen molar-refractivity contribution in [3.8, 4) is 5.75 Å². The van der Waals surface area contributed by atoms with Gasteiger partial charge < -0.3 is 10.1 Å². The molecule has 0 unspecified atom stereocenters. The highest BCUT2D eigenvalue weighted by atomic mass is 35.5. The summed E-state index contributed by atoms with van der Waals surface area (Å²) in [6, 6.07) is 7.46. The molecule has 1 aromatic rings. The van der Waals surface area contributed by atoms with Crippen LogP contribution in [0.2, 0.25) is 0 Å². The number of benzene rings is 1. The van der Waals surface area contributed by atoms with Gasteiger partial charge in [0.2, 0.25) is 5.91 Å². The lowest BCUT2D eigenvalue weighted by atomic mass is 10.2. The van der Waals surface area contributed by atoms with Gasteiger partial charge in [0.05, 0.1) is 6.61 Å². The Bertz CT molecular complexity index is 369. The van der Waals surface area contributed by atoms with E-state index >= 15 is 0 Å². The molecule has 0 radical (unpaired) electrons. The van der Waals surface area contributed by atoms with Gasteiger partial charge in [-0.2, -0.15) is 0 Å². The van der Waals surface area contributed by atoms with Gasteiger partial charge in [0.15, 0.2) is 0 Å². The smallest absolute Gasteiger partial charge is 0.224 e. The van der Waals surface area contributed by atoms with E-state index in [9.17, 15) is 4.79 Å². The normalized spacial score (nSPS) is 10.1. The van der Waals surface area contributed by atoms with E-state index in [-0.39, 0.29) is 5.91 Å². The monoisotopic (exact) mass is 269 g/mol. The lowest BCUT2D eigenvalue weighted by molar-refractivity contribution is -0.116. The largest absolute Gasteiger partial charge is 0.494 e. The second-order valence-corrected chi connectivity index (χ2v) is 4.45. The highest BCUT2D eigenvalue weighted by Crippen LogP contribution is 2.18. The number of unbranched alkanes of at least 4 members (excludes halogenated alkanes) is 1. The molecule has 1 rings (SSSR count). The number of ether oxygens (including phenoxy) is 1. The van der Waals surface area contributed by atoms with Crippen molar-refractivity contribution in [2.45, 2.75) is 32.6 Å². The van der Waals surface area contributed by atoms with Crippen LogP contribution in [-0.4, -0.2) is 18.4 Å². The summed E-state index contributed by atoms with van der Waals surface area (Å²) in [7, 11) is 0. The molecule has 0 atom stereocenters. The van der Waals surface area contributed by atoms with Crippen LogP contribution in [0.4, 0.5) is 5.69 Å². The van der Waals surface area contributed by atoms with Crippen molar-refractivity contribution in [1.29, 1.82) is 0 Å². The maximum Gasteiger partial charge on any atom is 0.224 e. The third-order valence-corrected chi connectivity index (χ3v) is 2.69. The van der Waals surface area contributed by atoms with Crippen molar-refractivity contribution < 1.29 is 9.53 Å². The molecule has 0 saturated heterocycles. The molecule has 1 amide bonds. The predicted molar refractivity (Wildman–Crippen MR) is 75.4 cm³/mol. The van der Waals surface area contributed by atoms with Crippen LogP contribution in [-0.2, 0) is 4.79 Å². The summed E-state index contributed by atoms with van der Waals surface area (Å²) in [5, 5.41) is 2.83. The van der Waals surface area contributed by atoms with Gasteiger partial charge in [0.25, 0.3) is 0 Å². The molecule has 4 heteroatoms. The molecule has 1 aromatic carbocycles. The number of amides is 1. The van der Waals surface area contributed by atoms with E-state index in [1.54, 1.807) is 0 Å². The molecule has 0 saturated carbocycles. The van der Waals surface area contributed by atoms with Crippen LogP contribution in [0, 0.1) is 0 Å². The van der Waals surface area contributed by atoms with Gasteiger partial charge >= 0.3 is 0 Å². The third kappa shape index (κ3) is 5.92. The standard InChI is InChI=1S/C14H20ClNO2/c1-2-3-10-18-13-7-4-6-12(11-13)16-14(17)8-5-9-15/h4,6-7,11H,2-3,5,8-10H2,1H3,(H,16,17). The van der Waals surface area contributed by atoms with Gasteiger partial charge in [-0.25, -0.2) is 0 Å². The van der Waals surface area contributed by atoms with E-state index < -0.39 is 0 Å². The van der Waals surface area contributed by atoms with E-state index in [2.05, 4.69) is 12.2 Å². The number of nitrogens with one attached hydrogen (secondary N) is 1. The van der Waals surface area contributed by atoms with Crippen molar-refractivity contribution in [3.05, 3.63) is 24.3 Å². The number of hydrogen-bond acceptors (Lipinski definition) is 2. The maximum absolute atomic E-state index is 11.5. The van der Waals surface area contributed by atoms with E-state index in [1.165, 1.54) is 0 Å². The summed E-state index contributed by atoms with van der Waals surface area (Å²) in [6.07, 6.45) is 3.28. The van der Waals surface area contributed by atoms with Crippen LogP contribution in [0.15, 0.2) is 24.3 Å². The van der Waals surface area contributed by atoms with Gasteiger partial charge in [0.1, 0.15) is 5.75 Å². The summed E-state index contributed by atoms with van der Waals surface area (Å²) < 4.78 is 5.58. The average molecular weight is 270 g/mol. The Morgan fingerprint density at radius 1 is 1.39 bits per heavy atom. The fourth-order valence-electron chi connectivity index (χ4n) is 1.45. The van der Waals surface area contributed by atoms with Crippen molar-refractivity contribution in [3.63, 3.8) is 0 Å². The van der Waals surface area contributed by atoms with Gasteiger partial charge in [-0.3, -0.25) is 4.79 Å². The van der Waals surface area contributed by atoms with E-state index in [1.807, 2.05) is 24.3 Å². The Morgan fingerprint density at radius 3 is 2.94 bits per heavy atom. The second kappa shape index (κ2) is 8.81. The highest BCUT2D eigenvalue weighted by molar-refractivity contribution is 6.18. The zero-order valence-corrected chi connectivity index (χ0v) is 11.5. The summed E-state index contributed by atoms with van der Waals surface area (Å²) in [5.41, 5.74) is 0.767. The molecule has 0 aliphatic carbocycles. The first-order valence-corrected chi connectivity index (χ1v) is 6.88. The van der Waals surface area contributed by atoms with Crippen molar-refractivity contribution >= 4 is 23.2 Å². The number of halogens is 1. The van der Waals surface area contributed by atoms with E-state index in [0.717, 1.165) is 24.3 Å². The molecule has 0 aromatic heterocycles. The molecular weight excluding hydrogens is 250 g/mol. The van der Waals surface area contributed by atoms with Gasteiger partial charge in [-0.05, 0) is 25.0 Å². The summed E-state index contributed by atoms with van der Waals surface area (Å²) >= 11 is 5.54. The average Bonchev–Trinajstić information content (AvgIpc) is 2.37. The molecule has 3 nitrogen and oxygen atoms in total. The quantitative estimate of drug-likeness (QED) is 0.575. The number of carbonyl (C=O) groups excluding carboxylic acids is 1. The van der Waals surface area contributed by atoms with Gasteiger partial charge in [0, 0.05) is 24.1 Å². The van der Waals surface area contributed by atoms with Crippen molar-refractivity contribution in [2.24, 2.45) is 0 Å². The Balaban J connectivity index is 2.45. The lowest BCUT2D eigenvalue weighted by Gasteiger charge is -2.08. The topological polar surface area (TPSA) is 38.3 Å². The zero-order valence-electron chi connectivity index (χ0n) is 10.7. The van der Waals surface area contributed by atoms with Crippen LogP contribution >= 0.6 is 11.6 Å². The lowest BCUT2D eigenvalue weighted by Crippen LogP contribution is -2.11. The third-order valence-electron chi connectivity index (χ3n) is 2.42. The summed E-state index contributed by atoms with van der Waals surface area (Å²) in [5.74, 6) is 1.29. The Hall–Kier alpha value is -1.22. The molecule has 1 N–H and O–H groups in total.